The van der Waals surface area contributed by atoms with Crippen molar-refractivity contribution in [3.63, 3.8) is 0 Å². The highest BCUT2D eigenvalue weighted by Gasteiger charge is 2.16. The number of halogens is 1. The molecule has 1 aromatic heterocycles. The number of amides is 1. The van der Waals surface area contributed by atoms with Crippen LogP contribution in [0.2, 0.25) is 5.02 Å². The summed E-state index contributed by atoms with van der Waals surface area (Å²) in [7, 11) is 1.84. The Labute approximate surface area is 133 Å². The van der Waals surface area contributed by atoms with Crippen LogP contribution < -0.4 is 14.8 Å². The molecule has 1 amide bonds. The topological polar surface area (TPSA) is 52.5 Å². The number of hydrogen-bond donors (Lipinski definition) is 1. The third kappa shape index (κ3) is 3.04. The van der Waals surface area contributed by atoms with E-state index in [0.29, 0.717) is 48.4 Å². The third-order valence-corrected chi connectivity index (χ3v) is 3.81. The molecular weight excluding hydrogens is 304 g/mol. The molecular formula is C16H17ClN2O3. The first-order valence-electron chi connectivity index (χ1n) is 7.12. The summed E-state index contributed by atoms with van der Waals surface area (Å²) in [6, 6.07) is 7.39. The van der Waals surface area contributed by atoms with Gasteiger partial charge in [0.1, 0.15) is 18.9 Å². The van der Waals surface area contributed by atoms with E-state index in [2.05, 4.69) is 5.32 Å². The highest BCUT2D eigenvalue weighted by atomic mass is 35.5. The average molecular weight is 321 g/mol. The molecule has 3 rings (SSSR count). The molecule has 0 unspecified atom stereocenters. The molecule has 0 atom stereocenters. The molecule has 2 aromatic rings. The van der Waals surface area contributed by atoms with Crippen molar-refractivity contribution in [1.82, 2.24) is 9.88 Å². The molecule has 2 heterocycles. The Hall–Kier alpha value is -2.14. The summed E-state index contributed by atoms with van der Waals surface area (Å²) in [5.74, 6) is 1.18. The first-order chi connectivity index (χ1) is 10.6. The van der Waals surface area contributed by atoms with Crippen molar-refractivity contribution < 1.29 is 14.3 Å². The molecule has 1 N–H and O–H groups in total. The fourth-order valence-electron chi connectivity index (χ4n) is 2.42. The van der Waals surface area contributed by atoms with Crippen LogP contribution in [0.15, 0.2) is 30.5 Å². The predicted molar refractivity (Wildman–Crippen MR) is 83.9 cm³/mol. The summed E-state index contributed by atoms with van der Waals surface area (Å²) in [5.41, 5.74) is 1.64. The number of rotatable bonds is 4. The maximum atomic E-state index is 12.0. The van der Waals surface area contributed by atoms with E-state index in [1.54, 1.807) is 10.6 Å². The van der Waals surface area contributed by atoms with Gasteiger partial charge in [-0.15, -0.1) is 0 Å². The number of aryl methyl sites for hydroxylation is 1. The molecule has 5 nitrogen and oxygen atoms in total. The molecule has 0 fully saturated rings. The normalized spacial score (nSPS) is 13.0. The monoisotopic (exact) mass is 320 g/mol. The van der Waals surface area contributed by atoms with Crippen molar-refractivity contribution in [3.8, 4) is 11.5 Å². The summed E-state index contributed by atoms with van der Waals surface area (Å²) < 4.78 is 12.8. The smallest absolute Gasteiger partial charge is 0.267 e. The predicted octanol–water partition coefficient (Wildman–Crippen LogP) is 2.42. The number of carbonyl (C=O) groups is 1. The second-order valence-electron chi connectivity index (χ2n) is 5.11. The summed E-state index contributed by atoms with van der Waals surface area (Å²) >= 11 is 6.20. The van der Waals surface area contributed by atoms with Crippen LogP contribution in [0.5, 0.6) is 11.5 Å². The van der Waals surface area contributed by atoms with Crippen molar-refractivity contribution in [3.05, 3.63) is 46.7 Å². The lowest BCUT2D eigenvalue weighted by Gasteiger charge is -2.20. The number of carbonyl (C=O) groups excluding carboxylic acids is 1. The van der Waals surface area contributed by atoms with Gasteiger partial charge in [-0.3, -0.25) is 4.79 Å². The van der Waals surface area contributed by atoms with Crippen LogP contribution in [0.4, 0.5) is 0 Å². The summed E-state index contributed by atoms with van der Waals surface area (Å²) in [5, 5.41) is 3.44. The van der Waals surface area contributed by atoms with Gasteiger partial charge >= 0.3 is 0 Å². The lowest BCUT2D eigenvalue weighted by Crippen LogP contribution is -2.27. The van der Waals surface area contributed by atoms with Gasteiger partial charge in [0, 0.05) is 19.8 Å². The Morgan fingerprint density at radius 3 is 2.95 bits per heavy atom. The standard InChI is InChI=1S/C16H17ClN2O3/c1-19-6-2-3-13(19)16(20)18-5-4-11-9-12(17)15-14(10-11)21-7-8-22-15/h2-3,6,9-10H,4-5,7-8H2,1H3,(H,18,20). The third-order valence-electron chi connectivity index (χ3n) is 3.53. The Bertz CT molecular complexity index is 697. The Morgan fingerprint density at radius 1 is 1.36 bits per heavy atom. The molecule has 0 aliphatic carbocycles. The van der Waals surface area contributed by atoms with Gasteiger partial charge in [-0.1, -0.05) is 11.6 Å². The molecule has 1 aliphatic heterocycles. The van der Waals surface area contributed by atoms with Gasteiger partial charge in [0.25, 0.3) is 5.91 Å². The molecule has 116 valence electrons. The molecule has 0 spiro atoms. The highest BCUT2D eigenvalue weighted by Crippen LogP contribution is 2.38. The molecule has 0 radical (unpaired) electrons. The lowest BCUT2D eigenvalue weighted by atomic mass is 10.1. The molecule has 0 bridgehead atoms. The quantitative estimate of drug-likeness (QED) is 0.941. The van der Waals surface area contributed by atoms with Crippen LogP contribution in [0.3, 0.4) is 0 Å². The van der Waals surface area contributed by atoms with Gasteiger partial charge in [-0.25, -0.2) is 0 Å². The number of ether oxygens (including phenoxy) is 2. The SMILES string of the molecule is Cn1cccc1C(=O)NCCc1cc(Cl)c2c(c1)OCCO2. The molecule has 0 saturated carbocycles. The number of nitrogens with one attached hydrogen (secondary N) is 1. The average Bonchev–Trinajstić information content (AvgIpc) is 2.93. The van der Waals surface area contributed by atoms with Crippen LogP contribution >= 0.6 is 11.6 Å². The summed E-state index contributed by atoms with van der Waals surface area (Å²) in [6.07, 6.45) is 2.52. The van der Waals surface area contributed by atoms with E-state index in [0.717, 1.165) is 5.56 Å². The van der Waals surface area contributed by atoms with Crippen molar-refractivity contribution in [2.75, 3.05) is 19.8 Å². The van der Waals surface area contributed by atoms with Gasteiger partial charge in [-0.2, -0.15) is 0 Å². The van der Waals surface area contributed by atoms with E-state index in [9.17, 15) is 4.79 Å². The summed E-state index contributed by atoms with van der Waals surface area (Å²) in [6.45, 7) is 1.57. The number of hydrogen-bond acceptors (Lipinski definition) is 3. The Kier molecular flexibility index (Phi) is 4.24. The first kappa shape index (κ1) is 14.8. The molecule has 0 saturated heterocycles. The van der Waals surface area contributed by atoms with Crippen LogP contribution in [0, 0.1) is 0 Å². The van der Waals surface area contributed by atoms with Crippen molar-refractivity contribution in [2.24, 2.45) is 7.05 Å². The van der Waals surface area contributed by atoms with E-state index in [4.69, 9.17) is 21.1 Å². The van der Waals surface area contributed by atoms with Crippen LogP contribution in [0.25, 0.3) is 0 Å². The van der Waals surface area contributed by atoms with Crippen LogP contribution in [-0.2, 0) is 13.5 Å². The van der Waals surface area contributed by atoms with Crippen LogP contribution in [-0.4, -0.2) is 30.2 Å². The van der Waals surface area contributed by atoms with Crippen molar-refractivity contribution >= 4 is 17.5 Å². The number of fused-ring (bicyclic) bond motifs is 1. The van der Waals surface area contributed by atoms with Crippen LogP contribution in [0.1, 0.15) is 16.1 Å². The maximum Gasteiger partial charge on any atom is 0.267 e. The summed E-state index contributed by atoms with van der Waals surface area (Å²) in [4.78, 5) is 12.0. The minimum atomic E-state index is -0.0869. The van der Waals surface area contributed by atoms with E-state index in [1.165, 1.54) is 0 Å². The zero-order valence-corrected chi connectivity index (χ0v) is 13.0. The molecule has 1 aromatic carbocycles. The van der Waals surface area contributed by atoms with E-state index in [1.807, 2.05) is 31.4 Å². The van der Waals surface area contributed by atoms with E-state index >= 15 is 0 Å². The van der Waals surface area contributed by atoms with Gasteiger partial charge in [0.15, 0.2) is 11.5 Å². The second-order valence-corrected chi connectivity index (χ2v) is 5.52. The number of aromatic nitrogens is 1. The Balaban J connectivity index is 1.61. The Morgan fingerprint density at radius 2 is 2.18 bits per heavy atom. The van der Waals surface area contributed by atoms with Gasteiger partial charge in [0.05, 0.1) is 5.02 Å². The minimum Gasteiger partial charge on any atom is -0.486 e. The van der Waals surface area contributed by atoms with Crippen molar-refractivity contribution in [2.45, 2.75) is 6.42 Å². The zero-order chi connectivity index (χ0) is 15.5. The van der Waals surface area contributed by atoms with Crippen molar-refractivity contribution in [1.29, 1.82) is 0 Å². The van der Waals surface area contributed by atoms with Gasteiger partial charge in [-0.05, 0) is 36.2 Å². The van der Waals surface area contributed by atoms with Gasteiger partial charge < -0.3 is 19.4 Å². The molecule has 6 heteroatoms. The van der Waals surface area contributed by atoms with E-state index in [-0.39, 0.29) is 5.91 Å². The molecule has 1 aliphatic rings. The largest absolute Gasteiger partial charge is 0.486 e. The number of nitrogens with zero attached hydrogens (tertiary/aromatic N) is 1. The first-order valence-corrected chi connectivity index (χ1v) is 7.50. The highest BCUT2D eigenvalue weighted by molar-refractivity contribution is 6.32. The maximum absolute atomic E-state index is 12.0. The lowest BCUT2D eigenvalue weighted by molar-refractivity contribution is 0.0946. The minimum absolute atomic E-state index is 0.0869. The van der Waals surface area contributed by atoms with Gasteiger partial charge in [0.2, 0.25) is 0 Å². The zero-order valence-electron chi connectivity index (χ0n) is 12.3. The van der Waals surface area contributed by atoms with E-state index < -0.39 is 0 Å². The fraction of sp³-hybridized carbons (Fsp3) is 0.312. The molecule has 22 heavy (non-hydrogen) atoms. The fourth-order valence-corrected chi connectivity index (χ4v) is 2.70. The second kappa shape index (κ2) is 6.32. The number of benzene rings is 1.